The Bertz CT molecular complexity index is 929. The van der Waals surface area contributed by atoms with E-state index in [2.05, 4.69) is 6.07 Å². The molecule has 3 aromatic rings. The van der Waals surface area contributed by atoms with Gasteiger partial charge in [0.1, 0.15) is 36.6 Å². The van der Waals surface area contributed by atoms with Crippen LogP contribution in [0.5, 0.6) is 17.2 Å². The van der Waals surface area contributed by atoms with E-state index in [1.807, 2.05) is 55.5 Å². The van der Waals surface area contributed by atoms with Crippen molar-refractivity contribution in [1.29, 1.82) is 5.26 Å². The SMILES string of the molecule is CCOc1ccc(OCC(O)COc2ccc(-c3ccc(C#N)cc3)cc2)cc1. The highest BCUT2D eigenvalue weighted by Crippen LogP contribution is 2.23. The van der Waals surface area contributed by atoms with Crippen LogP contribution in [-0.4, -0.2) is 31.0 Å². The first kappa shape index (κ1) is 20.2. The highest BCUT2D eigenvalue weighted by Gasteiger charge is 2.07. The predicted octanol–water partition coefficient (Wildman–Crippen LogP) is 4.44. The lowest BCUT2D eigenvalue weighted by Gasteiger charge is -2.14. The number of nitriles is 1. The van der Waals surface area contributed by atoms with Gasteiger partial charge in [0.15, 0.2) is 0 Å². The second-order valence-corrected chi connectivity index (χ2v) is 6.39. The van der Waals surface area contributed by atoms with Crippen LogP contribution < -0.4 is 14.2 Å². The summed E-state index contributed by atoms with van der Waals surface area (Å²) < 4.78 is 16.6. The van der Waals surface area contributed by atoms with E-state index in [-0.39, 0.29) is 13.2 Å². The Kier molecular flexibility index (Phi) is 7.10. The molecule has 29 heavy (non-hydrogen) atoms. The van der Waals surface area contributed by atoms with Gasteiger partial charge in [-0.15, -0.1) is 0 Å². The number of nitrogens with zero attached hydrogens (tertiary/aromatic N) is 1. The molecule has 5 nitrogen and oxygen atoms in total. The van der Waals surface area contributed by atoms with Gasteiger partial charge in [-0.2, -0.15) is 5.26 Å². The molecule has 1 atom stereocenters. The van der Waals surface area contributed by atoms with Gasteiger partial charge in [-0.1, -0.05) is 24.3 Å². The molecule has 0 radical (unpaired) electrons. The van der Waals surface area contributed by atoms with Crippen LogP contribution in [0.4, 0.5) is 0 Å². The Hall–Kier alpha value is -3.49. The molecule has 3 aromatic carbocycles. The summed E-state index contributed by atoms with van der Waals surface area (Å²) in [4.78, 5) is 0. The van der Waals surface area contributed by atoms with Crippen molar-refractivity contribution >= 4 is 0 Å². The molecule has 0 aliphatic heterocycles. The molecule has 5 heteroatoms. The van der Waals surface area contributed by atoms with Gasteiger partial charge in [0.05, 0.1) is 18.2 Å². The summed E-state index contributed by atoms with van der Waals surface area (Å²) >= 11 is 0. The van der Waals surface area contributed by atoms with Gasteiger partial charge < -0.3 is 19.3 Å². The van der Waals surface area contributed by atoms with Gasteiger partial charge in [0.25, 0.3) is 0 Å². The number of ether oxygens (including phenoxy) is 3. The minimum atomic E-state index is -0.750. The van der Waals surface area contributed by atoms with Gasteiger partial charge in [0.2, 0.25) is 0 Å². The van der Waals surface area contributed by atoms with E-state index >= 15 is 0 Å². The first-order valence-electron chi connectivity index (χ1n) is 9.45. The third-order valence-electron chi connectivity index (χ3n) is 4.22. The number of hydrogen-bond acceptors (Lipinski definition) is 5. The molecule has 148 valence electrons. The van der Waals surface area contributed by atoms with Gasteiger partial charge in [-0.05, 0) is 66.6 Å². The van der Waals surface area contributed by atoms with Crippen molar-refractivity contribution in [3.8, 4) is 34.4 Å². The number of aliphatic hydroxyl groups is 1. The van der Waals surface area contributed by atoms with Gasteiger partial charge in [0, 0.05) is 0 Å². The Morgan fingerprint density at radius 1 is 0.724 bits per heavy atom. The van der Waals surface area contributed by atoms with E-state index < -0.39 is 6.10 Å². The lowest BCUT2D eigenvalue weighted by Crippen LogP contribution is -2.25. The maximum atomic E-state index is 10.1. The molecule has 1 unspecified atom stereocenters. The highest BCUT2D eigenvalue weighted by atomic mass is 16.5. The second-order valence-electron chi connectivity index (χ2n) is 6.39. The van der Waals surface area contributed by atoms with Crippen molar-refractivity contribution < 1.29 is 19.3 Å². The van der Waals surface area contributed by atoms with E-state index in [9.17, 15) is 5.11 Å². The Balaban J connectivity index is 1.46. The zero-order valence-corrected chi connectivity index (χ0v) is 16.2. The fourth-order valence-electron chi connectivity index (χ4n) is 2.71. The quantitative estimate of drug-likeness (QED) is 0.586. The molecular weight excluding hydrogens is 366 g/mol. The van der Waals surface area contributed by atoms with Crippen LogP contribution in [0, 0.1) is 11.3 Å². The summed E-state index contributed by atoms with van der Waals surface area (Å²) in [7, 11) is 0. The minimum absolute atomic E-state index is 0.132. The molecule has 0 saturated carbocycles. The van der Waals surface area contributed by atoms with Crippen LogP contribution >= 0.6 is 0 Å². The average Bonchev–Trinajstić information content (AvgIpc) is 2.78. The summed E-state index contributed by atoms with van der Waals surface area (Å²) in [5.41, 5.74) is 2.69. The monoisotopic (exact) mass is 389 g/mol. The average molecular weight is 389 g/mol. The second kappa shape index (κ2) is 10.2. The molecule has 0 aromatic heterocycles. The predicted molar refractivity (Wildman–Crippen MR) is 111 cm³/mol. The number of benzene rings is 3. The molecule has 0 spiro atoms. The summed E-state index contributed by atoms with van der Waals surface area (Å²) in [5, 5.41) is 19.0. The fourth-order valence-corrected chi connectivity index (χ4v) is 2.71. The van der Waals surface area contributed by atoms with Crippen LogP contribution in [0.25, 0.3) is 11.1 Å². The lowest BCUT2D eigenvalue weighted by atomic mass is 10.0. The Morgan fingerprint density at radius 2 is 1.14 bits per heavy atom. The first-order chi connectivity index (χ1) is 14.2. The smallest absolute Gasteiger partial charge is 0.122 e. The topological polar surface area (TPSA) is 71.7 Å². The van der Waals surface area contributed by atoms with E-state index in [0.717, 1.165) is 16.9 Å². The largest absolute Gasteiger partial charge is 0.494 e. The van der Waals surface area contributed by atoms with Crippen molar-refractivity contribution in [1.82, 2.24) is 0 Å². The van der Waals surface area contributed by atoms with Crippen LogP contribution in [-0.2, 0) is 0 Å². The number of hydrogen-bond donors (Lipinski definition) is 1. The Morgan fingerprint density at radius 3 is 1.59 bits per heavy atom. The molecule has 0 heterocycles. The summed E-state index contributed by atoms with van der Waals surface area (Å²) in [6.45, 7) is 2.82. The zero-order chi connectivity index (χ0) is 20.5. The summed E-state index contributed by atoms with van der Waals surface area (Å²) in [5.74, 6) is 2.12. The molecule has 0 aliphatic carbocycles. The molecule has 0 fully saturated rings. The van der Waals surface area contributed by atoms with Gasteiger partial charge in [-0.3, -0.25) is 0 Å². The zero-order valence-electron chi connectivity index (χ0n) is 16.2. The molecule has 0 saturated heterocycles. The molecule has 1 N–H and O–H groups in total. The Labute approximate surface area is 170 Å². The van der Waals surface area contributed by atoms with Crippen LogP contribution in [0.15, 0.2) is 72.8 Å². The van der Waals surface area contributed by atoms with Crippen molar-refractivity contribution in [2.75, 3.05) is 19.8 Å². The molecule has 0 bridgehead atoms. The van der Waals surface area contributed by atoms with E-state index in [0.29, 0.717) is 23.7 Å². The van der Waals surface area contributed by atoms with Gasteiger partial charge >= 0.3 is 0 Å². The highest BCUT2D eigenvalue weighted by molar-refractivity contribution is 5.64. The maximum Gasteiger partial charge on any atom is 0.122 e. The first-order valence-corrected chi connectivity index (χ1v) is 9.45. The molecule has 0 aliphatic rings. The van der Waals surface area contributed by atoms with Crippen molar-refractivity contribution in [2.45, 2.75) is 13.0 Å². The fraction of sp³-hybridized carbons (Fsp3) is 0.208. The normalized spacial score (nSPS) is 11.3. The van der Waals surface area contributed by atoms with Crippen molar-refractivity contribution in [3.05, 3.63) is 78.4 Å². The van der Waals surface area contributed by atoms with E-state index in [1.54, 1.807) is 24.3 Å². The van der Waals surface area contributed by atoms with Crippen LogP contribution in [0.2, 0.25) is 0 Å². The van der Waals surface area contributed by atoms with Crippen LogP contribution in [0.3, 0.4) is 0 Å². The van der Waals surface area contributed by atoms with Gasteiger partial charge in [-0.25, -0.2) is 0 Å². The third kappa shape index (κ3) is 6.00. The molecular formula is C24H23NO4. The number of aliphatic hydroxyl groups excluding tert-OH is 1. The summed E-state index contributed by atoms with van der Waals surface area (Å²) in [6, 6.07) is 24.4. The lowest BCUT2D eigenvalue weighted by molar-refractivity contribution is 0.0626. The van der Waals surface area contributed by atoms with E-state index in [4.69, 9.17) is 19.5 Å². The number of rotatable bonds is 9. The summed E-state index contributed by atoms with van der Waals surface area (Å²) in [6.07, 6.45) is -0.750. The van der Waals surface area contributed by atoms with Crippen molar-refractivity contribution in [2.24, 2.45) is 0 Å². The third-order valence-corrected chi connectivity index (χ3v) is 4.22. The minimum Gasteiger partial charge on any atom is -0.494 e. The van der Waals surface area contributed by atoms with E-state index in [1.165, 1.54) is 0 Å². The molecule has 3 rings (SSSR count). The van der Waals surface area contributed by atoms with Crippen LogP contribution in [0.1, 0.15) is 12.5 Å². The standard InChI is InChI=1S/C24H23NO4/c1-2-27-22-11-13-24(14-12-22)29-17-21(26)16-28-23-9-7-20(8-10-23)19-5-3-18(15-25)4-6-19/h3-14,21,26H,2,16-17H2,1H3. The maximum absolute atomic E-state index is 10.1. The van der Waals surface area contributed by atoms with Crippen molar-refractivity contribution in [3.63, 3.8) is 0 Å². The molecule has 0 amide bonds.